The number of fused-ring (bicyclic) bond motifs is 1. The first-order valence-electron chi connectivity index (χ1n) is 10.2. The van der Waals surface area contributed by atoms with Gasteiger partial charge in [0, 0.05) is 17.8 Å². The topological polar surface area (TPSA) is 62.5 Å². The smallest absolute Gasteiger partial charge is 0.294 e. The first-order chi connectivity index (χ1) is 14.9. The number of carbonyl (C=O) groups excluding carboxylic acids is 2. The van der Waals surface area contributed by atoms with Gasteiger partial charge >= 0.3 is 0 Å². The third-order valence-corrected chi connectivity index (χ3v) is 5.66. The van der Waals surface area contributed by atoms with E-state index in [1.807, 2.05) is 86.1 Å². The summed E-state index contributed by atoms with van der Waals surface area (Å²) in [6.07, 6.45) is 1.83. The minimum absolute atomic E-state index is 0.153. The van der Waals surface area contributed by atoms with E-state index in [2.05, 4.69) is 5.32 Å². The molecule has 6 nitrogen and oxygen atoms in total. The van der Waals surface area contributed by atoms with Gasteiger partial charge in [-0.1, -0.05) is 30.3 Å². The van der Waals surface area contributed by atoms with Gasteiger partial charge in [-0.3, -0.25) is 14.5 Å². The molecule has 2 amide bonds. The van der Waals surface area contributed by atoms with Gasteiger partial charge in [0.1, 0.15) is 5.75 Å². The molecule has 0 unspecified atom stereocenters. The summed E-state index contributed by atoms with van der Waals surface area (Å²) in [6.45, 7) is 6.02. The van der Waals surface area contributed by atoms with Gasteiger partial charge in [0.2, 0.25) is 18.3 Å². The van der Waals surface area contributed by atoms with Crippen LogP contribution in [0.5, 0.6) is 5.75 Å². The monoisotopic (exact) mass is 416 g/mol. The predicted molar refractivity (Wildman–Crippen MR) is 119 cm³/mol. The number of nitrogens with zero attached hydrogens (tertiary/aromatic N) is 2. The molecule has 3 aromatic rings. The Labute approximate surface area is 182 Å². The van der Waals surface area contributed by atoms with Crippen molar-refractivity contribution in [3.05, 3.63) is 83.2 Å². The Bertz CT molecular complexity index is 1150. The summed E-state index contributed by atoms with van der Waals surface area (Å²) < 4.78 is 7.37. The SMILES string of the molecule is COc1ccc(C)cc1N1C(=O)C[n+]2ccccc2[C@H]1C(=O)Nc1c(C)cccc1C. The number of hydrogen-bond donors (Lipinski definition) is 1. The second-order valence-corrected chi connectivity index (χ2v) is 7.85. The fraction of sp³-hybridized carbons (Fsp3) is 0.240. The zero-order chi connectivity index (χ0) is 22.1. The highest BCUT2D eigenvalue weighted by Gasteiger charge is 2.44. The van der Waals surface area contributed by atoms with Gasteiger partial charge in [0.05, 0.1) is 12.8 Å². The molecule has 0 aliphatic carbocycles. The predicted octanol–water partition coefficient (Wildman–Crippen LogP) is 3.63. The molecule has 2 aromatic carbocycles. The van der Waals surface area contributed by atoms with Crippen LogP contribution in [0.25, 0.3) is 0 Å². The Morgan fingerprint density at radius 3 is 2.52 bits per heavy atom. The number of hydrogen-bond acceptors (Lipinski definition) is 3. The van der Waals surface area contributed by atoms with Crippen molar-refractivity contribution in [2.45, 2.75) is 33.4 Å². The zero-order valence-electron chi connectivity index (χ0n) is 18.2. The minimum atomic E-state index is -0.836. The summed E-state index contributed by atoms with van der Waals surface area (Å²) in [5.41, 5.74) is 5.01. The third-order valence-electron chi connectivity index (χ3n) is 5.66. The van der Waals surface area contributed by atoms with Gasteiger partial charge < -0.3 is 10.1 Å². The van der Waals surface area contributed by atoms with E-state index in [0.29, 0.717) is 11.4 Å². The number of amides is 2. The Morgan fingerprint density at radius 1 is 1.06 bits per heavy atom. The Morgan fingerprint density at radius 2 is 1.81 bits per heavy atom. The number of methoxy groups -OCH3 is 1. The average molecular weight is 417 g/mol. The van der Waals surface area contributed by atoms with Crippen LogP contribution in [0.4, 0.5) is 11.4 Å². The Hall–Kier alpha value is -3.67. The zero-order valence-corrected chi connectivity index (χ0v) is 18.2. The molecule has 6 heteroatoms. The number of pyridine rings is 1. The molecule has 158 valence electrons. The van der Waals surface area contributed by atoms with Gasteiger partial charge in [0.25, 0.3) is 11.8 Å². The van der Waals surface area contributed by atoms with Crippen LogP contribution in [0.1, 0.15) is 28.4 Å². The molecular weight excluding hydrogens is 390 g/mol. The van der Waals surface area contributed by atoms with Crippen molar-refractivity contribution in [1.82, 2.24) is 0 Å². The fourth-order valence-electron chi connectivity index (χ4n) is 4.10. The number of nitrogens with one attached hydrogen (secondary N) is 1. The second-order valence-electron chi connectivity index (χ2n) is 7.85. The van der Waals surface area contributed by atoms with Gasteiger partial charge in [-0.05, 0) is 49.6 Å². The highest BCUT2D eigenvalue weighted by molar-refractivity contribution is 6.06. The third kappa shape index (κ3) is 3.77. The van der Waals surface area contributed by atoms with Crippen LogP contribution in [-0.4, -0.2) is 18.9 Å². The van der Waals surface area contributed by atoms with Crippen LogP contribution in [0.15, 0.2) is 60.8 Å². The summed E-state index contributed by atoms with van der Waals surface area (Å²) in [7, 11) is 1.57. The molecule has 0 bridgehead atoms. The molecule has 31 heavy (non-hydrogen) atoms. The number of benzene rings is 2. The molecule has 0 radical (unpaired) electrons. The molecule has 0 saturated heterocycles. The van der Waals surface area contributed by atoms with E-state index in [1.165, 1.54) is 0 Å². The summed E-state index contributed by atoms with van der Waals surface area (Å²) in [5, 5.41) is 3.07. The molecule has 1 aliphatic heterocycles. The van der Waals surface area contributed by atoms with Crippen LogP contribution in [0.3, 0.4) is 0 Å². The largest absolute Gasteiger partial charge is 0.495 e. The molecule has 1 N–H and O–H groups in total. The van der Waals surface area contributed by atoms with Crippen molar-refractivity contribution in [2.75, 3.05) is 17.3 Å². The lowest BCUT2D eigenvalue weighted by Gasteiger charge is -2.33. The maximum Gasteiger partial charge on any atom is 0.294 e. The van der Waals surface area contributed by atoms with E-state index in [1.54, 1.807) is 12.0 Å². The van der Waals surface area contributed by atoms with Crippen molar-refractivity contribution in [2.24, 2.45) is 0 Å². The lowest BCUT2D eigenvalue weighted by Crippen LogP contribution is -2.58. The summed E-state index contributed by atoms with van der Waals surface area (Å²) in [5.74, 6) is 0.108. The van der Waals surface area contributed by atoms with Crippen molar-refractivity contribution in [3.63, 3.8) is 0 Å². The number of aromatic nitrogens is 1. The lowest BCUT2D eigenvalue weighted by molar-refractivity contribution is -0.695. The van der Waals surface area contributed by atoms with Crippen molar-refractivity contribution >= 4 is 23.2 Å². The van der Waals surface area contributed by atoms with Crippen molar-refractivity contribution in [3.8, 4) is 5.75 Å². The highest BCUT2D eigenvalue weighted by atomic mass is 16.5. The maximum absolute atomic E-state index is 13.7. The first-order valence-corrected chi connectivity index (χ1v) is 10.2. The number of rotatable bonds is 4. The number of carbonyl (C=O) groups is 2. The number of aryl methyl sites for hydroxylation is 3. The number of para-hydroxylation sites is 1. The minimum Gasteiger partial charge on any atom is -0.495 e. The van der Waals surface area contributed by atoms with Gasteiger partial charge in [-0.15, -0.1) is 0 Å². The van der Waals surface area contributed by atoms with E-state index in [4.69, 9.17) is 4.74 Å². The van der Waals surface area contributed by atoms with Crippen LogP contribution in [0, 0.1) is 20.8 Å². The molecule has 1 aromatic heterocycles. The normalized spacial score (nSPS) is 15.4. The standard InChI is InChI=1S/C25H25N3O3/c1-16-11-12-21(31-4)20(14-16)28-22(29)15-27-13-6-5-10-19(27)24(28)25(30)26-23-17(2)8-7-9-18(23)3/h5-14,24H,15H2,1-4H3/p+1/t24-/m0/s1. The Balaban J connectivity index is 1.85. The number of anilines is 2. The van der Waals surface area contributed by atoms with Crippen LogP contribution in [0.2, 0.25) is 0 Å². The molecule has 0 spiro atoms. The van der Waals surface area contributed by atoms with E-state index < -0.39 is 6.04 Å². The van der Waals surface area contributed by atoms with E-state index >= 15 is 0 Å². The van der Waals surface area contributed by atoms with Crippen molar-refractivity contribution < 1.29 is 18.9 Å². The van der Waals surface area contributed by atoms with Crippen LogP contribution < -0.4 is 19.5 Å². The summed E-state index contributed by atoms with van der Waals surface area (Å²) in [6, 6.07) is 16.3. The molecule has 0 fully saturated rings. The molecule has 1 aliphatic rings. The van der Waals surface area contributed by atoms with E-state index in [9.17, 15) is 9.59 Å². The lowest BCUT2D eigenvalue weighted by atomic mass is 10.0. The molecule has 1 atom stereocenters. The second kappa shape index (κ2) is 8.22. The fourth-order valence-corrected chi connectivity index (χ4v) is 4.10. The van der Waals surface area contributed by atoms with Crippen LogP contribution >= 0.6 is 0 Å². The molecule has 4 rings (SSSR count). The highest BCUT2D eigenvalue weighted by Crippen LogP contribution is 2.37. The average Bonchev–Trinajstić information content (AvgIpc) is 2.75. The van der Waals surface area contributed by atoms with Gasteiger partial charge in [-0.2, -0.15) is 4.57 Å². The Kier molecular flexibility index (Phi) is 5.46. The van der Waals surface area contributed by atoms with Crippen molar-refractivity contribution in [1.29, 1.82) is 0 Å². The summed E-state index contributed by atoms with van der Waals surface area (Å²) >= 11 is 0. The maximum atomic E-state index is 13.7. The summed E-state index contributed by atoms with van der Waals surface area (Å²) in [4.78, 5) is 28.6. The molecule has 2 heterocycles. The van der Waals surface area contributed by atoms with E-state index in [0.717, 1.165) is 28.1 Å². The van der Waals surface area contributed by atoms with Gasteiger partial charge in [0.15, 0.2) is 6.20 Å². The van der Waals surface area contributed by atoms with E-state index in [-0.39, 0.29) is 18.4 Å². The molecular formula is C25H26N3O3+. The van der Waals surface area contributed by atoms with Gasteiger partial charge in [-0.25, -0.2) is 0 Å². The quantitative estimate of drug-likeness (QED) is 0.661. The van der Waals surface area contributed by atoms with Crippen LogP contribution in [-0.2, 0) is 16.1 Å². The first kappa shape index (κ1) is 20.6. The molecule has 0 saturated carbocycles. The number of ether oxygens (including phenoxy) is 1.